The summed E-state index contributed by atoms with van der Waals surface area (Å²) in [5.41, 5.74) is 7.59. The number of nitrogens with zero attached hydrogens (tertiary/aromatic N) is 2. The van der Waals surface area contributed by atoms with Crippen molar-refractivity contribution < 1.29 is 4.79 Å². The molecule has 0 saturated carbocycles. The van der Waals surface area contributed by atoms with Crippen LogP contribution in [0.1, 0.15) is 5.56 Å². The van der Waals surface area contributed by atoms with Crippen LogP contribution in [0.4, 0.5) is 11.4 Å². The summed E-state index contributed by atoms with van der Waals surface area (Å²) in [6.45, 7) is 1.97. The predicted octanol–water partition coefficient (Wildman–Crippen LogP) is 2.07. The van der Waals surface area contributed by atoms with Crippen molar-refractivity contribution >= 4 is 28.9 Å². The van der Waals surface area contributed by atoms with Gasteiger partial charge in [-0.3, -0.25) is 9.48 Å². The molecule has 2 rings (SSSR count). The third kappa shape index (κ3) is 2.81. The maximum Gasteiger partial charge on any atom is 0.246 e. The molecule has 1 amide bonds. The highest BCUT2D eigenvalue weighted by Gasteiger charge is 2.07. The van der Waals surface area contributed by atoms with Gasteiger partial charge in [0.15, 0.2) is 0 Å². The second kappa shape index (κ2) is 5.10. The van der Waals surface area contributed by atoms with Crippen LogP contribution in [0.3, 0.4) is 0 Å². The van der Waals surface area contributed by atoms with E-state index in [9.17, 15) is 4.79 Å². The molecule has 0 spiro atoms. The molecule has 0 atom stereocenters. The zero-order valence-electron chi connectivity index (χ0n) is 9.85. The number of nitrogens with one attached hydrogen (secondary N) is 1. The van der Waals surface area contributed by atoms with Crippen molar-refractivity contribution in [3.63, 3.8) is 0 Å². The number of carbonyl (C=O) groups excluding carboxylic acids is 1. The Bertz CT molecular complexity index is 579. The van der Waals surface area contributed by atoms with E-state index >= 15 is 0 Å². The Morgan fingerprint density at radius 1 is 1.56 bits per heavy atom. The number of nitrogen functional groups attached to an aromatic ring is 1. The van der Waals surface area contributed by atoms with Gasteiger partial charge >= 0.3 is 0 Å². The lowest BCUT2D eigenvalue weighted by Gasteiger charge is -2.09. The molecule has 3 N–H and O–H groups in total. The van der Waals surface area contributed by atoms with E-state index in [0.29, 0.717) is 16.4 Å². The van der Waals surface area contributed by atoms with E-state index in [0.717, 1.165) is 5.56 Å². The summed E-state index contributed by atoms with van der Waals surface area (Å²) in [5.74, 6) is -0.177. The first kappa shape index (κ1) is 12.4. The molecule has 1 aromatic heterocycles. The topological polar surface area (TPSA) is 72.9 Å². The minimum absolute atomic E-state index is 0.114. The Kier molecular flexibility index (Phi) is 3.53. The van der Waals surface area contributed by atoms with E-state index in [1.54, 1.807) is 24.4 Å². The van der Waals surface area contributed by atoms with Gasteiger partial charge in [0.1, 0.15) is 6.54 Å². The first-order chi connectivity index (χ1) is 8.56. The number of nitrogens with two attached hydrogens (primary N) is 1. The first-order valence-electron chi connectivity index (χ1n) is 5.39. The highest BCUT2D eigenvalue weighted by Crippen LogP contribution is 2.22. The van der Waals surface area contributed by atoms with Crippen molar-refractivity contribution in [3.8, 4) is 0 Å². The van der Waals surface area contributed by atoms with E-state index < -0.39 is 0 Å². The van der Waals surface area contributed by atoms with Crippen molar-refractivity contribution in [3.05, 3.63) is 41.2 Å². The number of hydrogen-bond donors (Lipinski definition) is 2. The summed E-state index contributed by atoms with van der Waals surface area (Å²) in [6.07, 6.45) is 3.10. The van der Waals surface area contributed by atoms with Gasteiger partial charge in [-0.2, -0.15) is 5.10 Å². The number of benzene rings is 1. The Balaban J connectivity index is 2.05. The van der Waals surface area contributed by atoms with Crippen molar-refractivity contribution in [2.75, 3.05) is 11.1 Å². The van der Waals surface area contributed by atoms with Gasteiger partial charge in [0.05, 0.1) is 11.9 Å². The average Bonchev–Trinajstić information content (AvgIpc) is 2.70. The van der Waals surface area contributed by atoms with Crippen LogP contribution in [0, 0.1) is 6.92 Å². The molecule has 1 heterocycles. The highest BCUT2D eigenvalue weighted by atomic mass is 35.5. The molecule has 0 aliphatic carbocycles. The third-order valence-corrected chi connectivity index (χ3v) is 2.91. The van der Waals surface area contributed by atoms with Crippen LogP contribution in [0.5, 0.6) is 0 Å². The van der Waals surface area contributed by atoms with Crippen LogP contribution >= 0.6 is 11.6 Å². The Morgan fingerprint density at radius 3 is 3.00 bits per heavy atom. The Morgan fingerprint density at radius 2 is 2.33 bits per heavy atom. The molecule has 0 fully saturated rings. The number of aromatic nitrogens is 2. The number of halogens is 1. The maximum absolute atomic E-state index is 11.8. The van der Waals surface area contributed by atoms with Gasteiger partial charge in [0, 0.05) is 16.9 Å². The standard InChI is InChI=1S/C12H13ClN4O/c1-8-10(13)3-2-4-11(8)16-12(18)7-17-6-9(14)5-15-17/h2-6H,7,14H2,1H3,(H,16,18). The Hall–Kier alpha value is -2.01. The molecule has 0 radical (unpaired) electrons. The molecule has 94 valence electrons. The van der Waals surface area contributed by atoms with E-state index in [-0.39, 0.29) is 12.5 Å². The van der Waals surface area contributed by atoms with E-state index in [4.69, 9.17) is 17.3 Å². The summed E-state index contributed by atoms with van der Waals surface area (Å²) in [6, 6.07) is 5.37. The van der Waals surface area contributed by atoms with Crippen molar-refractivity contribution in [2.24, 2.45) is 0 Å². The lowest BCUT2D eigenvalue weighted by molar-refractivity contribution is -0.116. The van der Waals surface area contributed by atoms with Gasteiger partial charge in [-0.05, 0) is 24.6 Å². The fourth-order valence-electron chi connectivity index (χ4n) is 1.55. The van der Waals surface area contributed by atoms with E-state index in [1.807, 2.05) is 6.92 Å². The maximum atomic E-state index is 11.8. The second-order valence-corrected chi connectivity index (χ2v) is 4.34. The van der Waals surface area contributed by atoms with Crippen LogP contribution in [0.2, 0.25) is 5.02 Å². The number of anilines is 2. The third-order valence-electron chi connectivity index (χ3n) is 2.50. The monoisotopic (exact) mass is 264 g/mol. The smallest absolute Gasteiger partial charge is 0.246 e. The summed E-state index contributed by atoms with van der Waals surface area (Å²) in [4.78, 5) is 11.8. The zero-order chi connectivity index (χ0) is 13.1. The molecular formula is C12H13ClN4O. The lowest BCUT2D eigenvalue weighted by Crippen LogP contribution is -2.19. The number of carbonyl (C=O) groups is 1. The van der Waals surface area contributed by atoms with Crippen LogP contribution in [0.25, 0.3) is 0 Å². The molecule has 6 heteroatoms. The molecule has 1 aromatic carbocycles. The fraction of sp³-hybridized carbons (Fsp3) is 0.167. The second-order valence-electron chi connectivity index (χ2n) is 3.93. The van der Waals surface area contributed by atoms with E-state index in [1.165, 1.54) is 10.9 Å². The average molecular weight is 265 g/mol. The van der Waals surface area contributed by atoms with Gasteiger partial charge in [0.2, 0.25) is 5.91 Å². The number of rotatable bonds is 3. The molecule has 0 saturated heterocycles. The van der Waals surface area contributed by atoms with Crippen molar-refractivity contribution in [1.29, 1.82) is 0 Å². The SMILES string of the molecule is Cc1c(Cl)cccc1NC(=O)Cn1cc(N)cn1. The predicted molar refractivity (Wildman–Crippen MR) is 71.5 cm³/mol. The van der Waals surface area contributed by atoms with Gasteiger partial charge in [-0.25, -0.2) is 0 Å². The summed E-state index contributed by atoms with van der Waals surface area (Å²) >= 11 is 5.98. The van der Waals surface area contributed by atoms with Gasteiger partial charge in [-0.15, -0.1) is 0 Å². The van der Waals surface area contributed by atoms with Gasteiger partial charge in [-0.1, -0.05) is 17.7 Å². The minimum atomic E-state index is -0.177. The molecule has 0 bridgehead atoms. The molecule has 5 nitrogen and oxygen atoms in total. The van der Waals surface area contributed by atoms with Crippen molar-refractivity contribution in [1.82, 2.24) is 9.78 Å². The van der Waals surface area contributed by atoms with E-state index in [2.05, 4.69) is 10.4 Å². The van der Waals surface area contributed by atoms with Crippen LogP contribution < -0.4 is 11.1 Å². The van der Waals surface area contributed by atoms with Crippen molar-refractivity contribution in [2.45, 2.75) is 13.5 Å². The van der Waals surface area contributed by atoms with Gasteiger partial charge in [0.25, 0.3) is 0 Å². The van der Waals surface area contributed by atoms with Gasteiger partial charge < -0.3 is 11.1 Å². The number of hydrogen-bond acceptors (Lipinski definition) is 3. The summed E-state index contributed by atoms with van der Waals surface area (Å²) < 4.78 is 1.48. The summed E-state index contributed by atoms with van der Waals surface area (Å²) in [5, 5.41) is 7.35. The normalized spacial score (nSPS) is 10.3. The number of amides is 1. The van der Waals surface area contributed by atoms with Crippen LogP contribution in [-0.2, 0) is 11.3 Å². The zero-order valence-corrected chi connectivity index (χ0v) is 10.6. The molecule has 0 aliphatic heterocycles. The van der Waals surface area contributed by atoms with Crippen LogP contribution in [-0.4, -0.2) is 15.7 Å². The minimum Gasteiger partial charge on any atom is -0.396 e. The largest absolute Gasteiger partial charge is 0.396 e. The lowest BCUT2D eigenvalue weighted by atomic mass is 10.2. The molecule has 0 unspecified atom stereocenters. The molecule has 2 aromatic rings. The highest BCUT2D eigenvalue weighted by molar-refractivity contribution is 6.31. The molecule has 18 heavy (non-hydrogen) atoms. The quantitative estimate of drug-likeness (QED) is 0.891. The van der Waals surface area contributed by atoms with Crippen LogP contribution in [0.15, 0.2) is 30.6 Å². The molecule has 0 aliphatic rings. The summed E-state index contributed by atoms with van der Waals surface area (Å²) in [7, 11) is 0. The first-order valence-corrected chi connectivity index (χ1v) is 5.77. The molecular weight excluding hydrogens is 252 g/mol. The fourth-order valence-corrected chi connectivity index (χ4v) is 1.72. The Labute approximate surface area is 110 Å².